The SMILES string of the molecule is Nc1nc2c(ncn2[C@@H]2O[C@H](CO)[C@@H](O)[C@H]2O)c(=O)[nH]1.Nc1ncnc2c1ncn2[C@@H]1O[C@H](CO)[C@@H](O)[C@H]1O.O=P([O-])([O-])[O-].OC[C@H]1O[C@@H](n2cnc3c(O)ncnc32)[C@H](O)[C@@H]1O.[K+].[K+].[K+]. The van der Waals surface area contributed by atoms with Gasteiger partial charge in [-0.1, -0.05) is 0 Å². The van der Waals surface area contributed by atoms with Gasteiger partial charge in [-0.2, -0.15) is 17.8 Å². The fourth-order valence-electron chi connectivity index (χ4n) is 6.54. The Morgan fingerprint density at radius 3 is 1.36 bits per heavy atom. The summed E-state index contributed by atoms with van der Waals surface area (Å²) < 4.78 is 28.8. The van der Waals surface area contributed by atoms with Crippen molar-refractivity contribution in [2.75, 3.05) is 31.3 Å². The van der Waals surface area contributed by atoms with E-state index in [0.717, 1.165) is 6.33 Å². The van der Waals surface area contributed by atoms with E-state index in [-0.39, 0.29) is 194 Å². The Kier molecular flexibility index (Phi) is 23.2. The number of nitrogens with one attached hydrogen (secondary N) is 1. The Hall–Kier alpha value is -0.611. The van der Waals surface area contributed by atoms with E-state index in [1.165, 1.54) is 39.0 Å². The monoisotopic (exact) mass is 1030 g/mol. The molecule has 3 aliphatic heterocycles. The molecule has 66 heavy (non-hydrogen) atoms. The number of aromatic amines is 1. The van der Waals surface area contributed by atoms with E-state index >= 15 is 0 Å². The van der Waals surface area contributed by atoms with E-state index < -0.39 is 107 Å². The van der Waals surface area contributed by atoms with Crippen molar-refractivity contribution in [1.29, 1.82) is 0 Å². The number of fused-ring (bicyclic) bond motifs is 3. The smallest absolute Gasteiger partial charge is 0.822 e. The molecule has 3 saturated heterocycles. The second-order valence-corrected chi connectivity index (χ2v) is 14.4. The average Bonchev–Trinajstić information content (AvgIpc) is 4.09. The quantitative estimate of drug-likeness (QED) is 0.0544. The maximum Gasteiger partial charge on any atom is 1.00 e. The molecule has 0 bridgehead atoms. The van der Waals surface area contributed by atoms with Gasteiger partial charge in [0, 0.05) is 0 Å². The van der Waals surface area contributed by atoms with Gasteiger partial charge in [0.05, 0.1) is 38.8 Å². The van der Waals surface area contributed by atoms with Gasteiger partial charge in [0.2, 0.25) is 11.8 Å². The van der Waals surface area contributed by atoms with Crippen molar-refractivity contribution < 1.29 is 239 Å². The molecule has 9 heterocycles. The number of nitrogens with zero attached hydrogens (tertiary/aromatic N) is 11. The molecule has 9 rings (SSSR count). The summed E-state index contributed by atoms with van der Waals surface area (Å²) in [5.41, 5.74) is 12.0. The number of H-pyrrole nitrogens is 1. The standard InChI is InChI=1S/C10H13N5O5.C10H13N5O4.C10H12N4O5.3K.H3O4P/c11-10-13-7-4(8(19)14-10)12-2-15(7)9-6(18)5(17)3(1-16)20-9;11-8-5-9(13-2-12-8)15(3-14-5)10-7(18)6(17)4(1-16)19-10;15-1-4-6(16)7(17)10(19-4)14-3-13-5-8(14)11-2-12-9(5)18;;;;1-5(2,3)4/h2-3,5-6,9,16-18H,1H2,(H3,11,13,14,19);2-4,6-7,10,16-18H,1H2,(H2,11,12,13);2-4,6-7,10,15-17H,1H2,(H,11,12,18);;;;(H3,1,2,3,4)/q;;;3*+1;/p-3/t3-,5-,6-,9-;2*4-,6-,7-,10-;;;;/m111..../s1. The van der Waals surface area contributed by atoms with Crippen molar-refractivity contribution in [3.63, 3.8) is 0 Å². The number of rotatable bonds is 6. The van der Waals surface area contributed by atoms with Crippen molar-refractivity contribution in [1.82, 2.24) is 58.6 Å². The van der Waals surface area contributed by atoms with Gasteiger partial charge in [-0.15, -0.1) is 0 Å². The molecule has 0 saturated carbocycles. The summed E-state index contributed by atoms with van der Waals surface area (Å²) in [7, 11) is -5.39. The molecular weight excluding hydrogens is 993 g/mol. The number of imidazole rings is 3. The number of aliphatic hydroxyl groups excluding tert-OH is 9. The van der Waals surface area contributed by atoms with E-state index in [2.05, 4.69) is 44.9 Å². The van der Waals surface area contributed by atoms with Gasteiger partial charge in [0.15, 0.2) is 52.5 Å². The molecule has 0 amide bonds. The molecule has 36 heteroatoms. The van der Waals surface area contributed by atoms with E-state index in [9.17, 15) is 40.5 Å². The molecular formula is C30H38K3N14O18P. The molecule has 6 aromatic heterocycles. The molecule has 15 N–H and O–H groups in total. The van der Waals surface area contributed by atoms with Crippen LogP contribution in [0.1, 0.15) is 18.7 Å². The number of ether oxygens (including phenoxy) is 3. The van der Waals surface area contributed by atoms with Gasteiger partial charge >= 0.3 is 154 Å². The van der Waals surface area contributed by atoms with Crippen molar-refractivity contribution in [2.24, 2.45) is 0 Å². The van der Waals surface area contributed by atoms with Crippen molar-refractivity contribution in [3.8, 4) is 5.88 Å². The largest absolute Gasteiger partial charge is 1.00 e. The number of anilines is 2. The number of hydrogen-bond acceptors (Lipinski definition) is 28. The molecule has 3 fully saturated rings. The number of aliphatic hydroxyl groups is 9. The fourth-order valence-corrected chi connectivity index (χ4v) is 6.54. The van der Waals surface area contributed by atoms with Crippen LogP contribution in [-0.2, 0) is 18.8 Å². The second-order valence-electron chi connectivity index (χ2n) is 13.5. The Bertz CT molecular complexity index is 2510. The van der Waals surface area contributed by atoms with Crippen LogP contribution < -0.4 is 186 Å². The third-order valence-electron chi connectivity index (χ3n) is 9.55. The summed E-state index contributed by atoms with van der Waals surface area (Å²) >= 11 is 0. The molecule has 0 unspecified atom stereocenters. The fraction of sp³-hybridized carbons (Fsp3) is 0.500. The van der Waals surface area contributed by atoms with Crippen LogP contribution in [0.2, 0.25) is 0 Å². The summed E-state index contributed by atoms with van der Waals surface area (Å²) in [6, 6.07) is 0. The molecule has 32 nitrogen and oxygen atoms in total. The summed E-state index contributed by atoms with van der Waals surface area (Å²) in [6.45, 7) is -1.25. The van der Waals surface area contributed by atoms with Gasteiger partial charge in [-0.3, -0.25) is 23.5 Å². The number of hydrogen-bond donors (Lipinski definition) is 13. The first-order chi connectivity index (χ1) is 29.8. The number of nitrogens with two attached hydrogens (primary N) is 2. The average molecular weight is 1030 g/mol. The third kappa shape index (κ3) is 13.3. The molecule has 3 aliphatic rings. The molecule has 344 valence electrons. The van der Waals surface area contributed by atoms with Crippen LogP contribution in [0.15, 0.2) is 36.4 Å². The maximum absolute atomic E-state index is 11.7. The first-order valence-electron chi connectivity index (χ1n) is 17.9. The topological polar surface area (TPSA) is 519 Å². The van der Waals surface area contributed by atoms with Gasteiger partial charge in [0.25, 0.3) is 5.56 Å². The Morgan fingerprint density at radius 2 is 0.955 bits per heavy atom. The van der Waals surface area contributed by atoms with Crippen molar-refractivity contribution in [3.05, 3.63) is 42.0 Å². The molecule has 6 aromatic rings. The van der Waals surface area contributed by atoms with Gasteiger partial charge < -0.3 is 96.0 Å². The van der Waals surface area contributed by atoms with Crippen LogP contribution in [0.5, 0.6) is 5.88 Å². The Morgan fingerprint density at radius 1 is 0.591 bits per heavy atom. The molecule has 0 radical (unpaired) electrons. The van der Waals surface area contributed by atoms with Gasteiger partial charge in [0.1, 0.15) is 73.1 Å². The van der Waals surface area contributed by atoms with Crippen LogP contribution in [0.4, 0.5) is 11.8 Å². The first kappa shape index (κ1) is 59.7. The summed E-state index contributed by atoms with van der Waals surface area (Å²) in [4.78, 5) is 70.8. The van der Waals surface area contributed by atoms with E-state index in [4.69, 9.17) is 60.2 Å². The molecule has 0 spiro atoms. The molecule has 0 aliphatic carbocycles. The first-order valence-corrected chi connectivity index (χ1v) is 19.4. The number of aromatic hydroxyl groups is 1. The van der Waals surface area contributed by atoms with Crippen molar-refractivity contribution >= 4 is 53.1 Å². The van der Waals surface area contributed by atoms with Crippen LogP contribution in [0.3, 0.4) is 0 Å². The van der Waals surface area contributed by atoms with Crippen LogP contribution in [0.25, 0.3) is 33.5 Å². The number of aromatic nitrogens is 12. The Labute approximate surface area is 495 Å². The van der Waals surface area contributed by atoms with Crippen LogP contribution in [-0.4, -0.2) is 184 Å². The molecule has 0 aromatic carbocycles. The van der Waals surface area contributed by atoms with Gasteiger partial charge in [-0.25, -0.2) is 29.9 Å². The summed E-state index contributed by atoms with van der Waals surface area (Å²) in [5.74, 6) is -0.165. The predicted molar refractivity (Wildman–Crippen MR) is 196 cm³/mol. The molecule has 12 atom stereocenters. The minimum absolute atomic E-state index is 0. The zero-order chi connectivity index (χ0) is 46.1. The van der Waals surface area contributed by atoms with E-state index in [1.807, 2.05) is 0 Å². The summed E-state index contributed by atoms with van der Waals surface area (Å²) in [6.07, 6.45) is -6.42. The van der Waals surface area contributed by atoms with Gasteiger partial charge in [-0.05, 0) is 0 Å². The van der Waals surface area contributed by atoms with Crippen LogP contribution in [0, 0.1) is 0 Å². The van der Waals surface area contributed by atoms with E-state index in [1.54, 1.807) is 0 Å². The predicted octanol–water partition coefficient (Wildman–Crippen LogP) is -18.3. The second kappa shape index (κ2) is 25.7. The zero-order valence-electron chi connectivity index (χ0n) is 34.7. The van der Waals surface area contributed by atoms with Crippen molar-refractivity contribution in [2.45, 2.75) is 73.6 Å². The normalized spacial score (nSPS) is 27.9. The third-order valence-corrected chi connectivity index (χ3v) is 9.55. The minimum Gasteiger partial charge on any atom is -0.822 e. The summed E-state index contributed by atoms with van der Waals surface area (Å²) in [5, 5.41) is 95.7. The number of phosphoric acid groups is 1. The number of nitrogen functional groups attached to an aromatic ring is 2. The maximum atomic E-state index is 11.7. The minimum atomic E-state index is -5.39. The van der Waals surface area contributed by atoms with Crippen LogP contribution >= 0.6 is 7.82 Å². The zero-order valence-corrected chi connectivity index (χ0v) is 45.0. The van der Waals surface area contributed by atoms with E-state index in [0.29, 0.717) is 11.2 Å². The Balaban J connectivity index is 0.000000244.